The second-order valence-corrected chi connectivity index (χ2v) is 7.63. The zero-order chi connectivity index (χ0) is 17.5. The summed E-state index contributed by atoms with van der Waals surface area (Å²) in [6.07, 6.45) is 0.999. The van der Waals surface area contributed by atoms with Gasteiger partial charge in [0.1, 0.15) is 5.75 Å². The number of rotatable bonds is 4. The van der Waals surface area contributed by atoms with Crippen LogP contribution in [0.4, 0.5) is 5.95 Å². The van der Waals surface area contributed by atoms with Gasteiger partial charge in [-0.2, -0.15) is 19.5 Å². The molecule has 0 aliphatic heterocycles. The number of nitrogens with zero attached hydrogens (tertiary/aromatic N) is 5. The lowest BCUT2D eigenvalue weighted by Crippen LogP contribution is -2.11. The van der Waals surface area contributed by atoms with Crippen molar-refractivity contribution in [2.24, 2.45) is 0 Å². The molecule has 0 saturated carbocycles. The van der Waals surface area contributed by atoms with Gasteiger partial charge in [-0.1, -0.05) is 0 Å². The summed E-state index contributed by atoms with van der Waals surface area (Å²) >= 11 is 3.42. The predicted octanol–water partition coefficient (Wildman–Crippen LogP) is 1.33. The van der Waals surface area contributed by atoms with E-state index in [0.29, 0.717) is 23.7 Å². The summed E-state index contributed by atoms with van der Waals surface area (Å²) < 4.78 is 30.6. The number of benzene rings is 1. The summed E-state index contributed by atoms with van der Waals surface area (Å²) in [5.41, 5.74) is 6.45. The second kappa shape index (κ2) is 5.98. The molecule has 2 aromatic heterocycles. The average Bonchev–Trinajstić information content (AvgIpc) is 2.93. The molecule has 9 nitrogen and oxygen atoms in total. The molecule has 126 valence electrons. The van der Waals surface area contributed by atoms with Gasteiger partial charge < -0.3 is 10.5 Å². The van der Waals surface area contributed by atoms with Crippen molar-refractivity contribution in [3.63, 3.8) is 0 Å². The summed E-state index contributed by atoms with van der Waals surface area (Å²) in [6, 6.07) is 5.36. The number of anilines is 1. The smallest absolute Gasteiger partial charge is 0.258 e. The highest BCUT2D eigenvalue weighted by atomic mass is 79.9. The van der Waals surface area contributed by atoms with Crippen LogP contribution >= 0.6 is 15.9 Å². The van der Waals surface area contributed by atoms with Gasteiger partial charge in [0, 0.05) is 11.8 Å². The van der Waals surface area contributed by atoms with Gasteiger partial charge >= 0.3 is 0 Å². The number of hydrogen-bond donors (Lipinski definition) is 1. The summed E-state index contributed by atoms with van der Waals surface area (Å²) in [6.45, 7) is 2.44. The number of aromatic nitrogens is 5. The first kappa shape index (κ1) is 16.6. The topological polar surface area (TPSA) is 125 Å². The maximum atomic E-state index is 11.6. The Hall–Kier alpha value is -2.27. The fraction of sp³-hybridized carbons (Fsp3) is 0.231. The van der Waals surface area contributed by atoms with Gasteiger partial charge in [0.05, 0.1) is 11.1 Å². The maximum Gasteiger partial charge on any atom is 0.258 e. The lowest BCUT2D eigenvalue weighted by Gasteiger charge is -2.06. The zero-order valence-corrected chi connectivity index (χ0v) is 15.2. The van der Waals surface area contributed by atoms with E-state index in [2.05, 4.69) is 36.0 Å². The van der Waals surface area contributed by atoms with E-state index in [-0.39, 0.29) is 16.9 Å². The van der Waals surface area contributed by atoms with Crippen molar-refractivity contribution >= 4 is 37.5 Å². The van der Waals surface area contributed by atoms with Crippen molar-refractivity contribution in [3.05, 3.63) is 22.7 Å². The van der Waals surface area contributed by atoms with E-state index in [0.717, 1.165) is 10.7 Å². The van der Waals surface area contributed by atoms with E-state index in [9.17, 15) is 8.42 Å². The molecular weight excluding hydrogens is 400 g/mol. The lowest BCUT2D eigenvalue weighted by atomic mass is 10.2. The van der Waals surface area contributed by atoms with Gasteiger partial charge in [-0.25, -0.2) is 8.42 Å². The Morgan fingerprint density at radius 1 is 1.29 bits per heavy atom. The van der Waals surface area contributed by atoms with E-state index in [1.807, 2.05) is 6.92 Å². The van der Waals surface area contributed by atoms with Gasteiger partial charge in [-0.3, -0.25) is 0 Å². The van der Waals surface area contributed by atoms with Crippen molar-refractivity contribution in [1.29, 1.82) is 0 Å². The van der Waals surface area contributed by atoms with Crippen molar-refractivity contribution in [2.75, 3.05) is 18.6 Å². The average molecular weight is 413 g/mol. The number of sulfone groups is 1. The molecule has 2 N–H and O–H groups in total. The lowest BCUT2D eigenvalue weighted by molar-refractivity contribution is 0.338. The molecule has 2 heterocycles. The Balaban J connectivity index is 2.11. The molecule has 0 unspecified atom stereocenters. The third kappa shape index (κ3) is 3.04. The number of hydrogen-bond acceptors (Lipinski definition) is 8. The van der Waals surface area contributed by atoms with Gasteiger partial charge in [-0.15, -0.1) is 5.10 Å². The minimum Gasteiger partial charge on any atom is -0.493 e. The molecule has 0 amide bonds. The van der Waals surface area contributed by atoms with Crippen LogP contribution < -0.4 is 10.5 Å². The van der Waals surface area contributed by atoms with Crippen molar-refractivity contribution in [1.82, 2.24) is 24.6 Å². The van der Waals surface area contributed by atoms with Crippen LogP contribution in [0.15, 0.2) is 27.8 Å². The Kier molecular flexibility index (Phi) is 4.13. The van der Waals surface area contributed by atoms with Crippen LogP contribution in [0.2, 0.25) is 0 Å². The first-order chi connectivity index (χ1) is 11.3. The highest BCUT2D eigenvalue weighted by molar-refractivity contribution is 9.10. The summed E-state index contributed by atoms with van der Waals surface area (Å²) in [7, 11) is -3.60. The van der Waals surface area contributed by atoms with E-state index in [1.165, 1.54) is 4.52 Å². The monoisotopic (exact) mass is 412 g/mol. The van der Waals surface area contributed by atoms with Crippen LogP contribution in [0.1, 0.15) is 6.92 Å². The summed E-state index contributed by atoms with van der Waals surface area (Å²) in [4.78, 5) is 11.9. The SMILES string of the molecule is CCOc1ccc(-c2nc3nc(S(C)(=O)=O)nc(N)n3n2)cc1Br. The molecule has 0 atom stereocenters. The molecule has 0 aliphatic carbocycles. The fourth-order valence-corrected chi connectivity index (χ4v) is 2.99. The molecule has 1 aromatic carbocycles. The van der Waals surface area contributed by atoms with E-state index < -0.39 is 9.84 Å². The highest BCUT2D eigenvalue weighted by Crippen LogP contribution is 2.29. The maximum absolute atomic E-state index is 11.6. The summed E-state index contributed by atoms with van der Waals surface area (Å²) in [5, 5.41) is 3.83. The van der Waals surface area contributed by atoms with Crippen molar-refractivity contribution < 1.29 is 13.2 Å². The molecule has 0 bridgehead atoms. The summed E-state index contributed by atoms with van der Waals surface area (Å²) in [5.74, 6) is 0.987. The molecule has 11 heteroatoms. The fourth-order valence-electron chi connectivity index (χ4n) is 1.99. The third-order valence-electron chi connectivity index (χ3n) is 3.03. The van der Waals surface area contributed by atoms with Crippen LogP contribution in [-0.2, 0) is 9.84 Å². The first-order valence-corrected chi connectivity index (χ1v) is 9.51. The standard InChI is InChI=1S/C13H13BrN6O3S/c1-3-23-9-5-4-7(6-8(9)14)10-16-12-18-13(24(2,21)22)17-11(15)20(12)19-10/h4-6H,3H2,1-2H3,(H2,15,16,17,18,19). The van der Waals surface area contributed by atoms with Gasteiger partial charge in [0.15, 0.2) is 5.82 Å². The van der Waals surface area contributed by atoms with Crippen molar-refractivity contribution in [2.45, 2.75) is 12.1 Å². The number of ether oxygens (including phenoxy) is 1. The van der Waals surface area contributed by atoms with Gasteiger partial charge in [-0.05, 0) is 41.1 Å². The first-order valence-electron chi connectivity index (χ1n) is 6.82. The Morgan fingerprint density at radius 3 is 2.67 bits per heavy atom. The molecule has 0 fully saturated rings. The van der Waals surface area contributed by atoms with Crippen LogP contribution in [-0.4, -0.2) is 45.8 Å². The normalized spacial score (nSPS) is 11.8. The molecule has 3 aromatic rings. The Labute approximate surface area is 145 Å². The second-order valence-electron chi connectivity index (χ2n) is 4.86. The van der Waals surface area contributed by atoms with Crippen LogP contribution in [0.3, 0.4) is 0 Å². The molecular formula is C13H13BrN6O3S. The van der Waals surface area contributed by atoms with Gasteiger partial charge in [0.2, 0.25) is 15.8 Å². The van der Waals surface area contributed by atoms with Gasteiger partial charge in [0.25, 0.3) is 10.9 Å². The Morgan fingerprint density at radius 2 is 2.04 bits per heavy atom. The molecule has 0 saturated heterocycles. The molecule has 0 radical (unpaired) electrons. The third-order valence-corrected chi connectivity index (χ3v) is 4.50. The minimum atomic E-state index is -3.60. The molecule has 3 rings (SSSR count). The highest BCUT2D eigenvalue weighted by Gasteiger charge is 2.18. The van der Waals surface area contributed by atoms with Crippen LogP contribution in [0.5, 0.6) is 5.75 Å². The predicted molar refractivity (Wildman–Crippen MR) is 90.4 cm³/mol. The Bertz CT molecular complexity index is 1030. The number of fused-ring (bicyclic) bond motifs is 1. The van der Waals surface area contributed by atoms with E-state index >= 15 is 0 Å². The van der Waals surface area contributed by atoms with Crippen molar-refractivity contribution in [3.8, 4) is 17.1 Å². The minimum absolute atomic E-state index is 0.0583. The van der Waals surface area contributed by atoms with Crippen LogP contribution in [0, 0.1) is 0 Å². The largest absolute Gasteiger partial charge is 0.493 e. The van der Waals surface area contributed by atoms with E-state index in [4.69, 9.17) is 10.5 Å². The quantitative estimate of drug-likeness (QED) is 0.679. The number of halogens is 1. The zero-order valence-electron chi connectivity index (χ0n) is 12.8. The number of nitrogen functional groups attached to an aromatic ring is 1. The van der Waals surface area contributed by atoms with E-state index in [1.54, 1.807) is 18.2 Å². The molecule has 24 heavy (non-hydrogen) atoms. The van der Waals surface area contributed by atoms with Crippen LogP contribution in [0.25, 0.3) is 17.2 Å². The molecule has 0 aliphatic rings. The molecule has 0 spiro atoms. The number of nitrogens with two attached hydrogens (primary N) is 1.